The Hall–Kier alpha value is -3.31. The lowest BCUT2D eigenvalue weighted by Gasteiger charge is -2.16. The number of aromatic nitrogens is 5. The van der Waals surface area contributed by atoms with Crippen LogP contribution in [0.1, 0.15) is 10.4 Å². The zero-order chi connectivity index (χ0) is 22.6. The lowest BCUT2D eigenvalue weighted by molar-refractivity contribution is 0.0703. The molecule has 0 bridgehead atoms. The second-order valence-electron chi connectivity index (χ2n) is 8.35. The van der Waals surface area contributed by atoms with Crippen LogP contribution in [0.25, 0.3) is 11.4 Å². The van der Waals surface area contributed by atoms with Gasteiger partial charge in [-0.3, -0.25) is 19.0 Å². The normalized spacial score (nSPS) is 11.5. The Morgan fingerprint density at radius 2 is 1.97 bits per heavy atom. The highest BCUT2D eigenvalue weighted by molar-refractivity contribution is 6.76. The third-order valence-electron chi connectivity index (χ3n) is 4.61. The molecule has 0 aliphatic carbocycles. The van der Waals surface area contributed by atoms with Crippen LogP contribution in [0.4, 0.5) is 11.6 Å². The zero-order valence-electron chi connectivity index (χ0n) is 18.1. The fraction of sp³-hybridized carbons (Fsp3) is 0.350. The van der Waals surface area contributed by atoms with Crippen molar-refractivity contribution in [1.82, 2.24) is 24.3 Å². The van der Waals surface area contributed by atoms with Gasteiger partial charge < -0.3 is 15.8 Å². The van der Waals surface area contributed by atoms with Gasteiger partial charge in [-0.15, -0.1) is 0 Å². The van der Waals surface area contributed by atoms with Gasteiger partial charge in [-0.25, -0.2) is 15.0 Å². The van der Waals surface area contributed by atoms with Crippen molar-refractivity contribution in [3.05, 3.63) is 52.7 Å². The van der Waals surface area contributed by atoms with Gasteiger partial charge in [-0.1, -0.05) is 19.6 Å². The van der Waals surface area contributed by atoms with E-state index in [0.29, 0.717) is 35.2 Å². The van der Waals surface area contributed by atoms with Crippen molar-refractivity contribution in [2.75, 3.05) is 11.9 Å². The highest BCUT2D eigenvalue weighted by atomic mass is 28.3. The van der Waals surface area contributed by atoms with E-state index in [1.807, 2.05) is 0 Å². The Labute approximate surface area is 181 Å². The molecule has 31 heavy (non-hydrogen) atoms. The van der Waals surface area contributed by atoms with E-state index in [1.165, 1.54) is 10.9 Å². The molecule has 3 rings (SSSR count). The summed E-state index contributed by atoms with van der Waals surface area (Å²) >= 11 is 0. The molecule has 1 amide bonds. The number of pyridine rings is 1. The van der Waals surface area contributed by atoms with E-state index in [4.69, 9.17) is 10.5 Å². The molecule has 0 saturated heterocycles. The van der Waals surface area contributed by atoms with Gasteiger partial charge in [-0.05, 0) is 24.2 Å². The van der Waals surface area contributed by atoms with E-state index in [9.17, 15) is 9.59 Å². The van der Waals surface area contributed by atoms with E-state index in [-0.39, 0.29) is 12.3 Å². The molecule has 3 aromatic heterocycles. The summed E-state index contributed by atoms with van der Waals surface area (Å²) in [4.78, 5) is 36.6. The molecule has 10 nitrogen and oxygen atoms in total. The Bertz CT molecular complexity index is 1120. The molecule has 3 aromatic rings. The first-order valence-electron chi connectivity index (χ1n) is 9.84. The summed E-state index contributed by atoms with van der Waals surface area (Å²) in [6.07, 6.45) is 4.63. The maximum atomic E-state index is 12.7. The smallest absolute Gasteiger partial charge is 0.277 e. The fourth-order valence-electron chi connectivity index (χ4n) is 2.70. The summed E-state index contributed by atoms with van der Waals surface area (Å²) in [5.41, 5.74) is 5.70. The summed E-state index contributed by atoms with van der Waals surface area (Å²) in [5.74, 6) is 0.690. The van der Waals surface area contributed by atoms with Crippen molar-refractivity contribution in [3.8, 4) is 11.4 Å². The van der Waals surface area contributed by atoms with Crippen LogP contribution in [-0.4, -0.2) is 44.9 Å². The molecular weight excluding hydrogens is 414 g/mol. The van der Waals surface area contributed by atoms with Gasteiger partial charge in [0.05, 0.1) is 5.56 Å². The molecule has 11 heteroatoms. The first kappa shape index (κ1) is 22.4. The highest BCUT2D eigenvalue weighted by Gasteiger charge is 2.15. The van der Waals surface area contributed by atoms with Gasteiger partial charge in [0.1, 0.15) is 23.9 Å². The second kappa shape index (κ2) is 9.23. The van der Waals surface area contributed by atoms with Crippen LogP contribution in [0.3, 0.4) is 0 Å². The Kier molecular flexibility index (Phi) is 6.66. The standard InChI is InChI=1S/C20H27N7O3Si/c1-26-20(29)15(12-27(26)13-30-9-10-31(2,3)4)19-22-8-7-17(25-19)24-16-6-5-14(11-23-16)18(21)28/h5-8,11-12H,9-10,13H2,1-4H3,(H2,21,28)(H,22,23,24,25). The first-order valence-corrected chi connectivity index (χ1v) is 13.6. The number of anilines is 2. The number of rotatable bonds is 9. The summed E-state index contributed by atoms with van der Waals surface area (Å²) in [6.45, 7) is 7.82. The number of nitrogens with two attached hydrogens (primary N) is 1. The Morgan fingerprint density at radius 1 is 1.19 bits per heavy atom. The van der Waals surface area contributed by atoms with Gasteiger partial charge >= 0.3 is 0 Å². The number of carbonyl (C=O) groups is 1. The maximum absolute atomic E-state index is 12.7. The van der Waals surface area contributed by atoms with Crippen LogP contribution < -0.4 is 16.6 Å². The summed E-state index contributed by atoms with van der Waals surface area (Å²) in [7, 11) is 0.508. The first-order chi connectivity index (χ1) is 14.6. The number of hydrogen-bond donors (Lipinski definition) is 2. The maximum Gasteiger partial charge on any atom is 0.277 e. The monoisotopic (exact) mass is 441 g/mol. The number of nitrogens with one attached hydrogen (secondary N) is 1. The van der Waals surface area contributed by atoms with Gasteiger partial charge in [0, 0.05) is 40.3 Å². The summed E-state index contributed by atoms with van der Waals surface area (Å²) in [5, 5.41) is 3.03. The molecule has 0 spiro atoms. The van der Waals surface area contributed by atoms with Crippen LogP contribution >= 0.6 is 0 Å². The molecule has 164 valence electrons. The number of carbonyl (C=O) groups excluding carboxylic acids is 1. The average Bonchev–Trinajstić information content (AvgIpc) is 3.00. The fourth-order valence-corrected chi connectivity index (χ4v) is 3.46. The molecule has 0 aliphatic heterocycles. The summed E-state index contributed by atoms with van der Waals surface area (Å²) in [6, 6.07) is 5.90. The highest BCUT2D eigenvalue weighted by Crippen LogP contribution is 2.16. The topological polar surface area (TPSA) is 130 Å². The SMILES string of the molecule is Cn1c(=O)c(-c2nccc(Nc3ccc(C(N)=O)cn3)n2)cn1COCC[Si](C)(C)C. The van der Waals surface area contributed by atoms with Crippen molar-refractivity contribution in [2.24, 2.45) is 12.8 Å². The van der Waals surface area contributed by atoms with E-state index in [2.05, 4.69) is 39.9 Å². The minimum Gasteiger partial charge on any atom is -0.366 e. The van der Waals surface area contributed by atoms with Crippen LogP contribution in [-0.2, 0) is 18.5 Å². The van der Waals surface area contributed by atoms with Crippen molar-refractivity contribution in [3.63, 3.8) is 0 Å². The molecule has 3 N–H and O–H groups in total. The number of primary amides is 1. The molecule has 0 radical (unpaired) electrons. The zero-order valence-corrected chi connectivity index (χ0v) is 19.1. The van der Waals surface area contributed by atoms with Crippen molar-refractivity contribution >= 4 is 25.6 Å². The molecule has 0 saturated carbocycles. The van der Waals surface area contributed by atoms with Crippen LogP contribution in [0, 0.1) is 0 Å². The number of hydrogen-bond acceptors (Lipinski definition) is 7. The van der Waals surface area contributed by atoms with E-state index >= 15 is 0 Å². The van der Waals surface area contributed by atoms with Gasteiger partial charge in [0.2, 0.25) is 5.91 Å². The van der Waals surface area contributed by atoms with E-state index in [1.54, 1.807) is 42.3 Å². The largest absolute Gasteiger partial charge is 0.366 e. The minimum atomic E-state index is -1.17. The van der Waals surface area contributed by atoms with Crippen molar-refractivity contribution in [2.45, 2.75) is 32.4 Å². The van der Waals surface area contributed by atoms with Gasteiger partial charge in [0.25, 0.3) is 5.56 Å². The molecule has 0 aromatic carbocycles. The molecule has 0 aliphatic rings. The van der Waals surface area contributed by atoms with Crippen LogP contribution in [0.2, 0.25) is 25.7 Å². The number of amides is 1. The van der Waals surface area contributed by atoms with Gasteiger partial charge in [0.15, 0.2) is 5.82 Å². The predicted molar refractivity (Wildman–Crippen MR) is 121 cm³/mol. The summed E-state index contributed by atoms with van der Waals surface area (Å²) < 4.78 is 8.94. The van der Waals surface area contributed by atoms with E-state index < -0.39 is 14.0 Å². The van der Waals surface area contributed by atoms with E-state index in [0.717, 1.165) is 6.04 Å². The number of nitrogens with zero attached hydrogens (tertiary/aromatic N) is 5. The van der Waals surface area contributed by atoms with Crippen molar-refractivity contribution < 1.29 is 9.53 Å². The second-order valence-corrected chi connectivity index (χ2v) is 14.0. The lowest BCUT2D eigenvalue weighted by atomic mass is 10.3. The van der Waals surface area contributed by atoms with Gasteiger partial charge in [-0.2, -0.15) is 0 Å². The molecular formula is C20H27N7O3Si. The third kappa shape index (κ3) is 5.86. The average molecular weight is 442 g/mol. The molecule has 0 atom stereocenters. The minimum absolute atomic E-state index is 0.213. The van der Waals surface area contributed by atoms with Crippen molar-refractivity contribution in [1.29, 1.82) is 0 Å². The third-order valence-corrected chi connectivity index (χ3v) is 6.31. The molecule has 0 fully saturated rings. The van der Waals surface area contributed by atoms with Crippen LogP contribution in [0.15, 0.2) is 41.6 Å². The Balaban J connectivity index is 1.74. The quantitative estimate of drug-likeness (QED) is 0.384. The molecule has 3 heterocycles. The molecule has 0 unspecified atom stereocenters. The lowest BCUT2D eigenvalue weighted by Crippen LogP contribution is -2.24. The predicted octanol–water partition coefficient (Wildman–Crippen LogP) is 2.19. The Morgan fingerprint density at radius 3 is 2.61 bits per heavy atom. The number of ether oxygens (including phenoxy) is 1. The van der Waals surface area contributed by atoms with Crippen LogP contribution in [0.5, 0.6) is 0 Å².